The van der Waals surface area contributed by atoms with Crippen molar-refractivity contribution in [1.29, 1.82) is 0 Å². The molecule has 1 N–H and O–H groups in total. The number of rotatable bonds is 1. The highest BCUT2D eigenvalue weighted by Crippen LogP contribution is 2.30. The summed E-state index contributed by atoms with van der Waals surface area (Å²) >= 11 is 5.28. The molecule has 2 rings (SSSR count). The van der Waals surface area contributed by atoms with E-state index in [1.807, 2.05) is 18.7 Å². The minimum atomic E-state index is -4.36. The predicted molar refractivity (Wildman–Crippen MR) is 79.2 cm³/mol. The van der Waals surface area contributed by atoms with Crippen molar-refractivity contribution in [2.24, 2.45) is 0 Å². The van der Waals surface area contributed by atoms with Gasteiger partial charge in [0.25, 0.3) is 0 Å². The number of benzene rings is 1. The van der Waals surface area contributed by atoms with Crippen molar-refractivity contribution in [1.82, 2.24) is 4.90 Å². The molecule has 116 valence electrons. The second kappa shape index (κ2) is 6.19. The van der Waals surface area contributed by atoms with E-state index in [1.165, 1.54) is 6.07 Å². The Kier molecular flexibility index (Phi) is 4.73. The molecule has 2 unspecified atom stereocenters. The van der Waals surface area contributed by atoms with Crippen LogP contribution in [0.25, 0.3) is 0 Å². The number of thiocarbonyl (C=S) groups is 1. The van der Waals surface area contributed by atoms with Gasteiger partial charge in [-0.2, -0.15) is 13.2 Å². The van der Waals surface area contributed by atoms with Crippen LogP contribution in [0, 0.1) is 0 Å². The SMILES string of the molecule is CC1CN(C(=S)Nc2cccc(C(F)(F)F)c2)CC(C)O1. The number of halogens is 3. The maximum atomic E-state index is 12.7. The molecule has 0 aliphatic carbocycles. The third-order valence-corrected chi connectivity index (χ3v) is 3.51. The third kappa shape index (κ3) is 4.31. The standard InChI is InChI=1S/C14H17F3N2OS/c1-9-7-19(8-10(2)20-9)13(21)18-12-5-3-4-11(6-12)14(15,16)17/h3-6,9-10H,7-8H2,1-2H3,(H,18,21). The molecule has 0 radical (unpaired) electrons. The molecule has 0 saturated carbocycles. The monoisotopic (exact) mass is 318 g/mol. The van der Waals surface area contributed by atoms with E-state index in [0.29, 0.717) is 23.9 Å². The third-order valence-electron chi connectivity index (χ3n) is 3.15. The van der Waals surface area contributed by atoms with Crippen molar-refractivity contribution < 1.29 is 17.9 Å². The maximum Gasteiger partial charge on any atom is 0.416 e. The number of nitrogens with zero attached hydrogens (tertiary/aromatic N) is 1. The lowest BCUT2D eigenvalue weighted by atomic mass is 10.2. The molecule has 0 spiro atoms. The van der Waals surface area contributed by atoms with Crippen LogP contribution in [0.2, 0.25) is 0 Å². The number of nitrogens with one attached hydrogen (secondary N) is 1. The quantitative estimate of drug-likeness (QED) is 0.801. The van der Waals surface area contributed by atoms with Crippen LogP contribution < -0.4 is 5.32 Å². The summed E-state index contributed by atoms with van der Waals surface area (Å²) < 4.78 is 43.6. The van der Waals surface area contributed by atoms with Gasteiger partial charge in [0.05, 0.1) is 17.8 Å². The Morgan fingerprint density at radius 1 is 1.29 bits per heavy atom. The lowest BCUT2D eigenvalue weighted by Gasteiger charge is -2.36. The molecule has 0 amide bonds. The summed E-state index contributed by atoms with van der Waals surface area (Å²) in [6.07, 6.45) is -4.29. The van der Waals surface area contributed by atoms with Gasteiger partial charge in [0.15, 0.2) is 5.11 Å². The summed E-state index contributed by atoms with van der Waals surface area (Å²) in [7, 11) is 0. The molecule has 2 atom stereocenters. The van der Waals surface area contributed by atoms with Crippen LogP contribution >= 0.6 is 12.2 Å². The maximum absolute atomic E-state index is 12.7. The van der Waals surface area contributed by atoms with Gasteiger partial charge in [-0.3, -0.25) is 0 Å². The minimum Gasteiger partial charge on any atom is -0.372 e. The highest BCUT2D eigenvalue weighted by molar-refractivity contribution is 7.80. The fraction of sp³-hybridized carbons (Fsp3) is 0.500. The predicted octanol–water partition coefficient (Wildman–Crippen LogP) is 3.51. The number of alkyl halides is 3. The Balaban J connectivity index is 2.06. The lowest BCUT2D eigenvalue weighted by molar-refractivity contribution is -0.137. The number of ether oxygens (including phenoxy) is 1. The fourth-order valence-electron chi connectivity index (χ4n) is 2.32. The van der Waals surface area contributed by atoms with Crippen LogP contribution in [-0.2, 0) is 10.9 Å². The first kappa shape index (κ1) is 16.0. The number of hydrogen-bond acceptors (Lipinski definition) is 2. The zero-order valence-corrected chi connectivity index (χ0v) is 12.6. The van der Waals surface area contributed by atoms with E-state index in [0.717, 1.165) is 12.1 Å². The smallest absolute Gasteiger partial charge is 0.372 e. The summed E-state index contributed by atoms with van der Waals surface area (Å²) in [4.78, 5) is 1.91. The Bertz CT molecular complexity index is 511. The van der Waals surface area contributed by atoms with E-state index in [4.69, 9.17) is 17.0 Å². The van der Waals surface area contributed by atoms with Crippen molar-refractivity contribution in [3.8, 4) is 0 Å². The van der Waals surface area contributed by atoms with E-state index < -0.39 is 11.7 Å². The van der Waals surface area contributed by atoms with Gasteiger partial charge in [0.1, 0.15) is 0 Å². The summed E-state index contributed by atoms with van der Waals surface area (Å²) in [5.74, 6) is 0. The van der Waals surface area contributed by atoms with E-state index in [9.17, 15) is 13.2 Å². The highest BCUT2D eigenvalue weighted by Gasteiger charge is 2.30. The van der Waals surface area contributed by atoms with E-state index in [2.05, 4.69) is 5.32 Å². The van der Waals surface area contributed by atoms with E-state index in [-0.39, 0.29) is 12.2 Å². The van der Waals surface area contributed by atoms with Gasteiger partial charge in [0.2, 0.25) is 0 Å². The van der Waals surface area contributed by atoms with Crippen molar-refractivity contribution in [2.45, 2.75) is 32.2 Å². The van der Waals surface area contributed by atoms with E-state index in [1.54, 1.807) is 6.07 Å². The number of hydrogen-bond donors (Lipinski definition) is 1. The molecular weight excluding hydrogens is 301 g/mol. The van der Waals surface area contributed by atoms with Crippen molar-refractivity contribution >= 4 is 23.0 Å². The summed E-state index contributed by atoms with van der Waals surface area (Å²) in [5.41, 5.74) is -0.361. The number of morpholine rings is 1. The molecule has 1 aliphatic heterocycles. The molecule has 3 nitrogen and oxygen atoms in total. The molecular formula is C14H17F3N2OS. The Labute approximate surface area is 127 Å². The molecule has 1 aliphatic rings. The average molecular weight is 318 g/mol. The molecule has 1 aromatic rings. The van der Waals surface area contributed by atoms with Gasteiger partial charge in [-0.25, -0.2) is 0 Å². The molecule has 1 fully saturated rings. The molecule has 21 heavy (non-hydrogen) atoms. The Morgan fingerprint density at radius 3 is 2.48 bits per heavy atom. The largest absolute Gasteiger partial charge is 0.416 e. The topological polar surface area (TPSA) is 24.5 Å². The normalized spacial score (nSPS) is 23.0. The van der Waals surface area contributed by atoms with Gasteiger partial charge in [-0.15, -0.1) is 0 Å². The summed E-state index contributed by atoms with van der Waals surface area (Å²) in [6.45, 7) is 5.12. The van der Waals surface area contributed by atoms with Gasteiger partial charge in [0, 0.05) is 18.8 Å². The Hall–Kier alpha value is -1.34. The van der Waals surface area contributed by atoms with Gasteiger partial charge >= 0.3 is 6.18 Å². The van der Waals surface area contributed by atoms with Crippen molar-refractivity contribution in [3.63, 3.8) is 0 Å². The zero-order chi connectivity index (χ0) is 15.6. The van der Waals surface area contributed by atoms with Crippen LogP contribution in [0.4, 0.5) is 18.9 Å². The fourth-order valence-corrected chi connectivity index (χ4v) is 2.59. The molecule has 0 bridgehead atoms. The molecule has 1 heterocycles. The van der Waals surface area contributed by atoms with Crippen molar-refractivity contribution in [2.75, 3.05) is 18.4 Å². The highest BCUT2D eigenvalue weighted by atomic mass is 32.1. The van der Waals surface area contributed by atoms with Crippen LogP contribution in [0.3, 0.4) is 0 Å². The minimum absolute atomic E-state index is 0.0370. The van der Waals surface area contributed by atoms with Crippen LogP contribution in [0.1, 0.15) is 19.4 Å². The Morgan fingerprint density at radius 2 is 1.90 bits per heavy atom. The zero-order valence-electron chi connectivity index (χ0n) is 11.8. The van der Waals surface area contributed by atoms with Gasteiger partial charge < -0.3 is 15.0 Å². The first-order chi connectivity index (χ1) is 9.75. The summed E-state index contributed by atoms with van der Waals surface area (Å²) in [5, 5.41) is 3.28. The lowest BCUT2D eigenvalue weighted by Crippen LogP contribution is -2.49. The van der Waals surface area contributed by atoms with Crippen LogP contribution in [0.15, 0.2) is 24.3 Å². The van der Waals surface area contributed by atoms with Gasteiger partial charge in [-0.1, -0.05) is 6.07 Å². The second-order valence-electron chi connectivity index (χ2n) is 5.17. The number of anilines is 1. The first-order valence-electron chi connectivity index (χ1n) is 6.64. The second-order valence-corrected chi connectivity index (χ2v) is 5.56. The van der Waals surface area contributed by atoms with E-state index >= 15 is 0 Å². The van der Waals surface area contributed by atoms with Crippen LogP contribution in [0.5, 0.6) is 0 Å². The molecule has 0 aromatic heterocycles. The van der Waals surface area contributed by atoms with Gasteiger partial charge in [-0.05, 0) is 44.3 Å². The molecule has 1 saturated heterocycles. The first-order valence-corrected chi connectivity index (χ1v) is 7.05. The molecule has 7 heteroatoms. The van der Waals surface area contributed by atoms with Crippen molar-refractivity contribution in [3.05, 3.63) is 29.8 Å². The average Bonchev–Trinajstić information content (AvgIpc) is 2.37. The molecule has 1 aromatic carbocycles. The summed E-state index contributed by atoms with van der Waals surface area (Å²) in [6, 6.07) is 5.01. The van der Waals surface area contributed by atoms with Crippen LogP contribution in [-0.4, -0.2) is 35.3 Å².